The lowest BCUT2D eigenvalue weighted by atomic mass is 10.2. The second kappa shape index (κ2) is 11.7. The molecule has 1 aromatic heterocycles. The summed E-state index contributed by atoms with van der Waals surface area (Å²) in [5.74, 6) is -1.28. The fourth-order valence-corrected chi connectivity index (χ4v) is 3.52. The number of halogens is 1. The van der Waals surface area contributed by atoms with E-state index in [-0.39, 0.29) is 25.3 Å². The molecule has 37 heavy (non-hydrogen) atoms. The molecule has 0 bridgehead atoms. The Kier molecular flexibility index (Phi) is 7.99. The topological polar surface area (TPSA) is 114 Å². The maximum absolute atomic E-state index is 13.4. The molecule has 0 unspecified atom stereocenters. The molecule has 0 aliphatic carbocycles. The first-order valence-electron chi connectivity index (χ1n) is 11.4. The lowest BCUT2D eigenvalue weighted by Crippen LogP contribution is -2.42. The standard InChI is InChI=1S/C27H24FN5O4/c1-37-21-12-10-20(11-13-21)31-25(34)15-30-26(35)17-33(16-18-6-8-19(28)9-7-18)27(36)24-14-29-22-4-2-3-5-23(22)32-24/h2-14H,15-17H2,1H3,(H,30,35)(H,31,34). The zero-order valence-electron chi connectivity index (χ0n) is 20.0. The summed E-state index contributed by atoms with van der Waals surface area (Å²) >= 11 is 0. The highest BCUT2D eigenvalue weighted by Gasteiger charge is 2.22. The predicted octanol–water partition coefficient (Wildman–Crippen LogP) is 3.17. The first kappa shape index (κ1) is 25.2. The zero-order chi connectivity index (χ0) is 26.2. The zero-order valence-corrected chi connectivity index (χ0v) is 20.0. The Labute approximate surface area is 212 Å². The molecule has 0 radical (unpaired) electrons. The number of ether oxygens (including phenoxy) is 1. The quantitative estimate of drug-likeness (QED) is 0.364. The Balaban J connectivity index is 1.43. The molecule has 0 fully saturated rings. The van der Waals surface area contributed by atoms with Crippen LogP contribution in [0.25, 0.3) is 11.0 Å². The van der Waals surface area contributed by atoms with E-state index in [1.807, 2.05) is 6.07 Å². The molecule has 188 valence electrons. The number of hydrogen-bond donors (Lipinski definition) is 2. The Hall–Kier alpha value is -4.86. The van der Waals surface area contributed by atoms with Gasteiger partial charge in [0.15, 0.2) is 0 Å². The van der Waals surface area contributed by atoms with Gasteiger partial charge in [0.2, 0.25) is 11.8 Å². The van der Waals surface area contributed by atoms with Gasteiger partial charge in [-0.15, -0.1) is 0 Å². The number of methoxy groups -OCH3 is 1. The molecule has 0 atom stereocenters. The Morgan fingerprint density at radius 3 is 2.32 bits per heavy atom. The number of rotatable bonds is 9. The van der Waals surface area contributed by atoms with Gasteiger partial charge in [-0.2, -0.15) is 0 Å². The van der Waals surface area contributed by atoms with Crippen LogP contribution in [0, 0.1) is 5.82 Å². The van der Waals surface area contributed by atoms with Crippen molar-refractivity contribution in [2.45, 2.75) is 6.54 Å². The fourth-order valence-electron chi connectivity index (χ4n) is 3.52. The second-order valence-corrected chi connectivity index (χ2v) is 8.09. The van der Waals surface area contributed by atoms with Crippen LogP contribution in [0.4, 0.5) is 10.1 Å². The summed E-state index contributed by atoms with van der Waals surface area (Å²) in [5, 5.41) is 5.19. The molecule has 1 heterocycles. The summed E-state index contributed by atoms with van der Waals surface area (Å²) in [5.41, 5.74) is 2.39. The van der Waals surface area contributed by atoms with Gasteiger partial charge in [0, 0.05) is 12.2 Å². The van der Waals surface area contributed by atoms with Gasteiger partial charge in [-0.25, -0.2) is 9.37 Å². The summed E-state index contributed by atoms with van der Waals surface area (Å²) < 4.78 is 18.5. The molecule has 3 aromatic carbocycles. The molecule has 0 aliphatic rings. The number of hydrogen-bond acceptors (Lipinski definition) is 6. The van der Waals surface area contributed by atoms with Crippen LogP contribution in [-0.4, -0.2) is 52.8 Å². The van der Waals surface area contributed by atoms with Gasteiger partial charge < -0.3 is 20.3 Å². The Morgan fingerprint density at radius 1 is 0.919 bits per heavy atom. The first-order valence-corrected chi connectivity index (χ1v) is 11.4. The van der Waals surface area contributed by atoms with Gasteiger partial charge in [0.05, 0.1) is 30.9 Å². The van der Waals surface area contributed by atoms with Crippen molar-refractivity contribution in [2.24, 2.45) is 0 Å². The van der Waals surface area contributed by atoms with E-state index in [9.17, 15) is 18.8 Å². The van der Waals surface area contributed by atoms with Gasteiger partial charge in [0.1, 0.15) is 23.8 Å². The SMILES string of the molecule is COc1ccc(NC(=O)CNC(=O)CN(Cc2ccc(F)cc2)C(=O)c2cnc3ccccc3n2)cc1. The number of amides is 3. The molecular weight excluding hydrogens is 477 g/mol. The van der Waals surface area contributed by atoms with E-state index in [1.165, 1.54) is 35.4 Å². The van der Waals surface area contributed by atoms with E-state index in [1.54, 1.807) is 49.6 Å². The summed E-state index contributed by atoms with van der Waals surface area (Å²) in [6.45, 7) is -0.612. The lowest BCUT2D eigenvalue weighted by Gasteiger charge is -2.22. The second-order valence-electron chi connectivity index (χ2n) is 8.09. The average molecular weight is 502 g/mol. The average Bonchev–Trinajstić information content (AvgIpc) is 2.92. The third-order valence-electron chi connectivity index (χ3n) is 5.40. The number of nitrogens with one attached hydrogen (secondary N) is 2. The van der Waals surface area contributed by atoms with Crippen LogP contribution in [0.3, 0.4) is 0 Å². The number of anilines is 1. The smallest absolute Gasteiger partial charge is 0.274 e. The normalized spacial score (nSPS) is 10.5. The van der Waals surface area contributed by atoms with Crippen molar-refractivity contribution in [1.82, 2.24) is 20.2 Å². The summed E-state index contributed by atoms with van der Waals surface area (Å²) in [4.78, 5) is 48.2. The maximum atomic E-state index is 13.4. The summed E-state index contributed by atoms with van der Waals surface area (Å²) in [6.07, 6.45) is 1.35. The van der Waals surface area contributed by atoms with E-state index in [4.69, 9.17) is 4.74 Å². The first-order chi connectivity index (χ1) is 17.9. The van der Waals surface area contributed by atoms with Crippen molar-refractivity contribution in [2.75, 3.05) is 25.5 Å². The van der Waals surface area contributed by atoms with Crippen LogP contribution < -0.4 is 15.4 Å². The molecule has 0 aliphatic heterocycles. The minimum Gasteiger partial charge on any atom is -0.497 e. The van der Waals surface area contributed by atoms with Crippen molar-refractivity contribution in [3.05, 3.63) is 96.1 Å². The van der Waals surface area contributed by atoms with Crippen LogP contribution in [0.2, 0.25) is 0 Å². The van der Waals surface area contributed by atoms with Crippen molar-refractivity contribution < 1.29 is 23.5 Å². The number of benzene rings is 3. The molecular formula is C27H24FN5O4. The van der Waals surface area contributed by atoms with E-state index in [2.05, 4.69) is 20.6 Å². The number of carbonyl (C=O) groups is 3. The van der Waals surface area contributed by atoms with E-state index >= 15 is 0 Å². The fraction of sp³-hybridized carbons (Fsp3) is 0.148. The van der Waals surface area contributed by atoms with Crippen molar-refractivity contribution in [1.29, 1.82) is 0 Å². The molecule has 0 saturated carbocycles. The van der Waals surface area contributed by atoms with Crippen LogP contribution in [0.5, 0.6) is 5.75 Å². The third-order valence-corrected chi connectivity index (χ3v) is 5.40. The molecule has 3 amide bonds. The number of aromatic nitrogens is 2. The van der Waals surface area contributed by atoms with Crippen molar-refractivity contribution in [3.63, 3.8) is 0 Å². The molecule has 10 heteroatoms. The van der Waals surface area contributed by atoms with Crippen molar-refractivity contribution >= 4 is 34.4 Å². The monoisotopic (exact) mass is 501 g/mol. The number of nitrogens with zero attached hydrogens (tertiary/aromatic N) is 3. The van der Waals surface area contributed by atoms with E-state index in [0.717, 1.165) is 0 Å². The number of para-hydroxylation sites is 2. The molecule has 4 rings (SSSR count). The molecule has 9 nitrogen and oxygen atoms in total. The summed E-state index contributed by atoms with van der Waals surface area (Å²) in [6, 6.07) is 19.5. The highest BCUT2D eigenvalue weighted by atomic mass is 19.1. The number of carbonyl (C=O) groups excluding carboxylic acids is 3. The Bertz CT molecular complexity index is 1410. The summed E-state index contributed by atoms with van der Waals surface area (Å²) in [7, 11) is 1.54. The van der Waals surface area contributed by atoms with E-state index in [0.29, 0.717) is 28.0 Å². The molecule has 0 saturated heterocycles. The van der Waals surface area contributed by atoms with Gasteiger partial charge in [-0.1, -0.05) is 24.3 Å². The lowest BCUT2D eigenvalue weighted by molar-refractivity contribution is -0.124. The highest BCUT2D eigenvalue weighted by Crippen LogP contribution is 2.15. The van der Waals surface area contributed by atoms with Crippen LogP contribution in [0.15, 0.2) is 79.0 Å². The van der Waals surface area contributed by atoms with E-state index < -0.39 is 23.5 Å². The van der Waals surface area contributed by atoms with Gasteiger partial charge in [-0.3, -0.25) is 19.4 Å². The van der Waals surface area contributed by atoms with Crippen LogP contribution >= 0.6 is 0 Å². The molecule has 2 N–H and O–H groups in total. The van der Waals surface area contributed by atoms with Crippen LogP contribution in [0.1, 0.15) is 16.1 Å². The number of fused-ring (bicyclic) bond motifs is 1. The van der Waals surface area contributed by atoms with Gasteiger partial charge >= 0.3 is 0 Å². The molecule has 4 aromatic rings. The minimum absolute atomic E-state index is 0.0269. The van der Waals surface area contributed by atoms with Crippen LogP contribution in [-0.2, 0) is 16.1 Å². The third kappa shape index (κ3) is 6.85. The predicted molar refractivity (Wildman–Crippen MR) is 135 cm³/mol. The Morgan fingerprint density at radius 2 is 1.62 bits per heavy atom. The minimum atomic E-state index is -0.547. The van der Waals surface area contributed by atoms with Gasteiger partial charge in [-0.05, 0) is 54.1 Å². The largest absolute Gasteiger partial charge is 0.497 e. The highest BCUT2D eigenvalue weighted by molar-refractivity contribution is 5.97. The van der Waals surface area contributed by atoms with Gasteiger partial charge in [0.25, 0.3) is 5.91 Å². The van der Waals surface area contributed by atoms with Crippen molar-refractivity contribution in [3.8, 4) is 5.75 Å². The molecule has 0 spiro atoms. The maximum Gasteiger partial charge on any atom is 0.274 e.